The fraction of sp³-hybridized carbons (Fsp3) is 0.467. The van der Waals surface area contributed by atoms with Gasteiger partial charge in [0.1, 0.15) is 5.01 Å². The predicted molar refractivity (Wildman–Crippen MR) is 81.6 cm³/mol. The molecule has 1 unspecified atom stereocenters. The van der Waals surface area contributed by atoms with Crippen LogP contribution in [0.2, 0.25) is 0 Å². The minimum absolute atomic E-state index is 0.332. The van der Waals surface area contributed by atoms with Gasteiger partial charge in [-0.2, -0.15) is 0 Å². The molecule has 0 radical (unpaired) electrons. The first-order valence-corrected chi connectivity index (χ1v) is 7.79. The van der Waals surface area contributed by atoms with Crippen molar-refractivity contribution in [1.82, 2.24) is 10.2 Å². The molecule has 0 spiro atoms. The number of benzene rings is 1. The lowest BCUT2D eigenvalue weighted by atomic mass is 10.0. The topological polar surface area (TPSA) is 37.8 Å². The molecule has 0 aliphatic heterocycles. The van der Waals surface area contributed by atoms with Gasteiger partial charge in [0, 0.05) is 0 Å². The zero-order chi connectivity index (χ0) is 13.5. The van der Waals surface area contributed by atoms with Crippen LogP contribution < -0.4 is 5.32 Å². The van der Waals surface area contributed by atoms with E-state index in [2.05, 4.69) is 59.7 Å². The van der Waals surface area contributed by atoms with E-state index in [1.807, 2.05) is 0 Å². The second-order valence-electron chi connectivity index (χ2n) is 4.60. The number of hydrogen-bond acceptors (Lipinski definition) is 4. The van der Waals surface area contributed by atoms with Crippen LogP contribution in [0.5, 0.6) is 0 Å². The van der Waals surface area contributed by atoms with E-state index in [-0.39, 0.29) is 0 Å². The fourth-order valence-corrected chi connectivity index (χ4v) is 2.75. The fourth-order valence-electron chi connectivity index (χ4n) is 2.02. The van der Waals surface area contributed by atoms with Crippen molar-refractivity contribution in [3.05, 3.63) is 40.9 Å². The molecule has 0 aliphatic rings. The summed E-state index contributed by atoms with van der Waals surface area (Å²) in [5.74, 6) is 0. The van der Waals surface area contributed by atoms with Crippen LogP contribution in [0.25, 0.3) is 0 Å². The molecular formula is C15H21N3S. The van der Waals surface area contributed by atoms with Gasteiger partial charge in [-0.15, -0.1) is 10.2 Å². The molecule has 1 aromatic heterocycles. The molecule has 3 nitrogen and oxygen atoms in total. The van der Waals surface area contributed by atoms with Gasteiger partial charge in [-0.3, -0.25) is 0 Å². The zero-order valence-electron chi connectivity index (χ0n) is 11.6. The summed E-state index contributed by atoms with van der Waals surface area (Å²) in [5, 5.41) is 13.9. The maximum absolute atomic E-state index is 4.22. The second kappa shape index (κ2) is 7.24. The van der Waals surface area contributed by atoms with Crippen molar-refractivity contribution in [3.8, 4) is 0 Å². The maximum atomic E-state index is 4.22. The highest BCUT2D eigenvalue weighted by Crippen LogP contribution is 2.26. The summed E-state index contributed by atoms with van der Waals surface area (Å²) in [6.07, 6.45) is 4.50. The third-order valence-electron chi connectivity index (χ3n) is 3.12. The quantitative estimate of drug-likeness (QED) is 0.811. The Morgan fingerprint density at radius 1 is 1.16 bits per heavy atom. The van der Waals surface area contributed by atoms with E-state index in [1.165, 1.54) is 18.4 Å². The molecule has 2 rings (SSSR count). The molecule has 102 valence electrons. The van der Waals surface area contributed by atoms with Gasteiger partial charge in [-0.05, 0) is 18.4 Å². The Morgan fingerprint density at radius 2 is 1.95 bits per heavy atom. The molecule has 0 saturated carbocycles. The molecule has 1 aromatic carbocycles. The minimum atomic E-state index is 0.332. The van der Waals surface area contributed by atoms with E-state index in [4.69, 9.17) is 0 Å². The summed E-state index contributed by atoms with van der Waals surface area (Å²) in [5.41, 5.74) is 1.32. The van der Waals surface area contributed by atoms with Crippen LogP contribution in [0.3, 0.4) is 0 Å². The lowest BCUT2D eigenvalue weighted by Gasteiger charge is -2.18. The van der Waals surface area contributed by atoms with Gasteiger partial charge in [0.25, 0.3) is 0 Å². The number of hydrogen-bond donors (Lipinski definition) is 1. The van der Waals surface area contributed by atoms with Crippen LogP contribution in [0, 0.1) is 0 Å². The van der Waals surface area contributed by atoms with E-state index >= 15 is 0 Å². The molecule has 1 heterocycles. The number of nitrogens with one attached hydrogen (secondary N) is 1. The number of aromatic nitrogens is 2. The monoisotopic (exact) mass is 275 g/mol. The van der Waals surface area contributed by atoms with Crippen LogP contribution >= 0.6 is 11.3 Å². The van der Waals surface area contributed by atoms with Gasteiger partial charge in [0.2, 0.25) is 5.13 Å². The first-order valence-electron chi connectivity index (χ1n) is 6.97. The summed E-state index contributed by atoms with van der Waals surface area (Å²) in [7, 11) is 0. The molecule has 4 heteroatoms. The Balaban J connectivity index is 2.09. The van der Waals surface area contributed by atoms with Gasteiger partial charge in [0.05, 0.1) is 6.04 Å². The van der Waals surface area contributed by atoms with Gasteiger partial charge < -0.3 is 5.32 Å². The van der Waals surface area contributed by atoms with E-state index in [9.17, 15) is 0 Å². The standard InChI is InChI=1S/C15H21N3S/c1-3-5-11-13(12-9-7-6-8-10-12)16-15-18-17-14(4-2)19-15/h6-10,13H,3-5,11H2,1-2H3,(H,16,18). The van der Waals surface area contributed by atoms with Gasteiger partial charge in [-0.25, -0.2) is 0 Å². The molecule has 0 amide bonds. The summed E-state index contributed by atoms with van der Waals surface area (Å²) < 4.78 is 0. The van der Waals surface area contributed by atoms with Crippen molar-refractivity contribution < 1.29 is 0 Å². The number of aryl methyl sites for hydroxylation is 1. The molecule has 2 aromatic rings. The van der Waals surface area contributed by atoms with Crippen molar-refractivity contribution >= 4 is 16.5 Å². The van der Waals surface area contributed by atoms with E-state index < -0.39 is 0 Å². The maximum Gasteiger partial charge on any atom is 0.206 e. The molecule has 0 bridgehead atoms. The Kier molecular flexibility index (Phi) is 5.33. The molecule has 0 saturated heterocycles. The molecule has 0 fully saturated rings. The van der Waals surface area contributed by atoms with Gasteiger partial charge in [-0.1, -0.05) is 68.4 Å². The molecular weight excluding hydrogens is 254 g/mol. The lowest BCUT2D eigenvalue weighted by Crippen LogP contribution is -2.10. The number of unbranched alkanes of at least 4 members (excludes halogenated alkanes) is 1. The largest absolute Gasteiger partial charge is 0.353 e. The van der Waals surface area contributed by atoms with E-state index in [0.29, 0.717) is 6.04 Å². The highest BCUT2D eigenvalue weighted by molar-refractivity contribution is 7.15. The van der Waals surface area contributed by atoms with Crippen LogP contribution in [0.15, 0.2) is 30.3 Å². The predicted octanol–water partition coefficient (Wildman–Crippen LogP) is 4.44. The van der Waals surface area contributed by atoms with Crippen molar-refractivity contribution in [3.63, 3.8) is 0 Å². The third-order valence-corrected chi connectivity index (χ3v) is 4.11. The van der Waals surface area contributed by atoms with Crippen LogP contribution in [-0.4, -0.2) is 10.2 Å². The van der Waals surface area contributed by atoms with Crippen molar-refractivity contribution in [2.45, 2.75) is 45.6 Å². The summed E-state index contributed by atoms with van der Waals surface area (Å²) >= 11 is 1.66. The van der Waals surface area contributed by atoms with Crippen LogP contribution in [-0.2, 0) is 6.42 Å². The molecule has 1 N–H and O–H groups in total. The van der Waals surface area contributed by atoms with Crippen molar-refractivity contribution in [2.75, 3.05) is 5.32 Å². The zero-order valence-corrected chi connectivity index (χ0v) is 12.4. The Bertz CT molecular complexity index is 481. The summed E-state index contributed by atoms with van der Waals surface area (Å²) in [4.78, 5) is 0. The average Bonchev–Trinajstić information content (AvgIpc) is 2.92. The number of nitrogens with zero attached hydrogens (tertiary/aromatic N) is 2. The first-order chi connectivity index (χ1) is 9.33. The molecule has 19 heavy (non-hydrogen) atoms. The van der Waals surface area contributed by atoms with E-state index in [0.717, 1.165) is 23.0 Å². The highest BCUT2D eigenvalue weighted by atomic mass is 32.1. The van der Waals surface area contributed by atoms with Gasteiger partial charge >= 0.3 is 0 Å². The molecule has 1 atom stereocenters. The average molecular weight is 275 g/mol. The normalized spacial score (nSPS) is 12.3. The Labute approximate surface area is 119 Å². The van der Waals surface area contributed by atoms with Crippen LogP contribution in [0.4, 0.5) is 5.13 Å². The van der Waals surface area contributed by atoms with Crippen molar-refractivity contribution in [1.29, 1.82) is 0 Å². The van der Waals surface area contributed by atoms with Crippen LogP contribution in [0.1, 0.15) is 49.7 Å². The Hall–Kier alpha value is -1.42. The smallest absolute Gasteiger partial charge is 0.206 e. The first kappa shape index (κ1) is 14.0. The second-order valence-corrected chi connectivity index (χ2v) is 5.67. The molecule has 0 aliphatic carbocycles. The number of rotatable bonds is 7. The summed E-state index contributed by atoms with van der Waals surface area (Å²) in [6.45, 7) is 4.33. The minimum Gasteiger partial charge on any atom is -0.353 e. The van der Waals surface area contributed by atoms with E-state index in [1.54, 1.807) is 11.3 Å². The third kappa shape index (κ3) is 4.03. The highest BCUT2D eigenvalue weighted by Gasteiger charge is 2.13. The summed E-state index contributed by atoms with van der Waals surface area (Å²) in [6, 6.07) is 10.9. The van der Waals surface area contributed by atoms with Gasteiger partial charge in [0.15, 0.2) is 0 Å². The number of anilines is 1. The SMILES string of the molecule is CCCCC(Nc1nnc(CC)s1)c1ccccc1. The lowest BCUT2D eigenvalue weighted by molar-refractivity contribution is 0.633. The van der Waals surface area contributed by atoms with Crippen molar-refractivity contribution in [2.24, 2.45) is 0 Å². The Morgan fingerprint density at radius 3 is 2.58 bits per heavy atom.